The van der Waals surface area contributed by atoms with Crippen LogP contribution in [0.4, 0.5) is 14.9 Å². The Hall–Kier alpha value is -3.74. The van der Waals surface area contributed by atoms with E-state index in [0.717, 1.165) is 25.9 Å². The molecule has 1 saturated heterocycles. The van der Waals surface area contributed by atoms with E-state index in [1.807, 2.05) is 0 Å². The summed E-state index contributed by atoms with van der Waals surface area (Å²) in [6, 6.07) is 9.54. The fourth-order valence-corrected chi connectivity index (χ4v) is 5.09. The number of carbonyl (C=O) groups excluding carboxylic acids is 3. The first-order valence-electron chi connectivity index (χ1n) is 13.7. The zero-order valence-corrected chi connectivity index (χ0v) is 23.5. The fourth-order valence-electron chi connectivity index (χ4n) is 4.90. The Balaban J connectivity index is 1.28. The number of hydrogen-bond donors (Lipinski definition) is 4. The van der Waals surface area contributed by atoms with Crippen molar-refractivity contribution in [3.05, 3.63) is 58.5 Å². The molecule has 2 fully saturated rings. The van der Waals surface area contributed by atoms with Crippen LogP contribution in [0, 0.1) is 5.82 Å². The molecule has 1 aliphatic carbocycles. The minimum Gasteiger partial charge on any atom is -0.387 e. The van der Waals surface area contributed by atoms with E-state index in [1.165, 1.54) is 21.7 Å². The fraction of sp³-hybridized carbons (Fsp3) is 0.429. The molecule has 1 atom stereocenters. The maximum atomic E-state index is 14.2. The molecule has 5 rings (SSSR count). The molecule has 4 amide bonds. The highest BCUT2D eigenvalue weighted by Crippen LogP contribution is 2.29. The van der Waals surface area contributed by atoms with Gasteiger partial charge in [-0.15, -0.1) is 0 Å². The van der Waals surface area contributed by atoms with Gasteiger partial charge in [0.2, 0.25) is 11.8 Å². The highest BCUT2D eigenvalue weighted by atomic mass is 35.5. The van der Waals surface area contributed by atoms with Gasteiger partial charge in [-0.3, -0.25) is 14.3 Å². The second-order valence-corrected chi connectivity index (χ2v) is 10.8. The van der Waals surface area contributed by atoms with E-state index in [1.54, 1.807) is 36.1 Å². The lowest BCUT2D eigenvalue weighted by Gasteiger charge is -2.27. The number of rotatable bonds is 9. The van der Waals surface area contributed by atoms with Gasteiger partial charge in [-0.1, -0.05) is 23.7 Å². The average Bonchev–Trinajstić information content (AvgIpc) is 3.74. The summed E-state index contributed by atoms with van der Waals surface area (Å²) in [5.41, 5.74) is 1.81. The monoisotopic (exact) mass is 585 g/mol. The molecule has 218 valence electrons. The maximum Gasteiger partial charge on any atom is 0.321 e. The van der Waals surface area contributed by atoms with Crippen molar-refractivity contribution >= 4 is 46.0 Å². The third kappa shape index (κ3) is 6.77. The van der Waals surface area contributed by atoms with Gasteiger partial charge in [0.05, 0.1) is 28.9 Å². The number of nitrogens with one attached hydrogen (secondary N) is 3. The zero-order chi connectivity index (χ0) is 29.1. The number of hydrogen-bond acceptors (Lipinski definition) is 6. The van der Waals surface area contributed by atoms with E-state index in [2.05, 4.69) is 21.0 Å². The predicted octanol–water partition coefficient (Wildman–Crippen LogP) is 2.63. The van der Waals surface area contributed by atoms with Crippen molar-refractivity contribution in [2.24, 2.45) is 0 Å². The van der Waals surface area contributed by atoms with Crippen molar-refractivity contribution in [3.63, 3.8) is 0 Å². The molecule has 0 radical (unpaired) electrons. The van der Waals surface area contributed by atoms with Crippen LogP contribution in [0.5, 0.6) is 0 Å². The Morgan fingerprint density at radius 3 is 2.68 bits per heavy atom. The molecule has 1 aromatic heterocycles. The van der Waals surface area contributed by atoms with Crippen LogP contribution in [-0.4, -0.2) is 81.3 Å². The SMILES string of the molecule is CC(O)c1nn(CC(=O)N(CC(=O)NCc2cccc(Cl)c2F)C2CC2)c2ccc(NC(=O)N3CCNCC3)cc12. The average molecular weight is 586 g/mol. The smallest absolute Gasteiger partial charge is 0.321 e. The van der Waals surface area contributed by atoms with Crippen molar-refractivity contribution in [1.82, 2.24) is 30.2 Å². The molecule has 2 heterocycles. The van der Waals surface area contributed by atoms with E-state index in [9.17, 15) is 23.9 Å². The second-order valence-electron chi connectivity index (χ2n) is 10.4. The molecule has 2 aliphatic rings. The first kappa shape index (κ1) is 28.8. The molecule has 0 spiro atoms. The number of carbonyl (C=O) groups is 3. The van der Waals surface area contributed by atoms with Crippen molar-refractivity contribution in [1.29, 1.82) is 0 Å². The third-order valence-corrected chi connectivity index (χ3v) is 7.54. The summed E-state index contributed by atoms with van der Waals surface area (Å²) in [4.78, 5) is 42.0. The molecule has 4 N–H and O–H groups in total. The second kappa shape index (κ2) is 12.4. The van der Waals surface area contributed by atoms with Gasteiger partial charge in [0.1, 0.15) is 12.4 Å². The minimum absolute atomic E-state index is 0.0244. The molecule has 11 nitrogen and oxygen atoms in total. The maximum absolute atomic E-state index is 14.2. The normalized spacial score (nSPS) is 16.0. The Bertz CT molecular complexity index is 1450. The number of aliphatic hydroxyl groups excluding tert-OH is 1. The number of aliphatic hydroxyl groups is 1. The number of benzene rings is 2. The summed E-state index contributed by atoms with van der Waals surface area (Å²) in [5.74, 6) is -1.30. The van der Waals surface area contributed by atoms with Crippen LogP contribution in [0.3, 0.4) is 0 Å². The van der Waals surface area contributed by atoms with E-state index >= 15 is 0 Å². The van der Waals surface area contributed by atoms with E-state index in [4.69, 9.17) is 11.6 Å². The number of anilines is 1. The predicted molar refractivity (Wildman–Crippen MR) is 152 cm³/mol. The molecular weight excluding hydrogens is 553 g/mol. The largest absolute Gasteiger partial charge is 0.387 e. The van der Waals surface area contributed by atoms with Crippen LogP contribution < -0.4 is 16.0 Å². The van der Waals surface area contributed by atoms with Crippen molar-refractivity contribution in [3.8, 4) is 0 Å². The lowest BCUT2D eigenvalue weighted by molar-refractivity contribution is -0.137. The molecule has 13 heteroatoms. The van der Waals surface area contributed by atoms with Gasteiger partial charge in [0.15, 0.2) is 0 Å². The number of halogens is 2. The van der Waals surface area contributed by atoms with Gasteiger partial charge in [0, 0.05) is 55.4 Å². The number of fused-ring (bicyclic) bond motifs is 1. The van der Waals surface area contributed by atoms with Crippen LogP contribution in [0.25, 0.3) is 10.9 Å². The number of urea groups is 1. The molecule has 41 heavy (non-hydrogen) atoms. The van der Waals surface area contributed by atoms with E-state index in [0.29, 0.717) is 35.4 Å². The molecular formula is C28H33ClFN7O4. The summed E-state index contributed by atoms with van der Waals surface area (Å²) in [7, 11) is 0. The van der Waals surface area contributed by atoms with E-state index in [-0.39, 0.29) is 48.2 Å². The summed E-state index contributed by atoms with van der Waals surface area (Å²) < 4.78 is 15.7. The molecule has 2 aromatic carbocycles. The standard InChI is InChI=1S/C28H33ClFN7O4/c1-17(38)27-21-13-19(33-28(41)35-11-9-31-10-12-35)5-8-23(21)37(34-27)16-25(40)36(20-6-7-20)15-24(39)32-14-18-3-2-4-22(29)26(18)30/h2-5,8,13,17,20,31,38H,6-7,9-12,14-16H2,1H3,(H,32,39)(H,33,41). The lowest BCUT2D eigenvalue weighted by Crippen LogP contribution is -2.48. The Kier molecular flexibility index (Phi) is 8.71. The van der Waals surface area contributed by atoms with Gasteiger partial charge >= 0.3 is 6.03 Å². The minimum atomic E-state index is -0.912. The van der Waals surface area contributed by atoms with Gasteiger partial charge in [-0.25, -0.2) is 9.18 Å². The van der Waals surface area contributed by atoms with Crippen LogP contribution in [0.1, 0.15) is 37.1 Å². The van der Waals surface area contributed by atoms with Crippen molar-refractivity contribution in [2.75, 3.05) is 38.0 Å². The van der Waals surface area contributed by atoms with Gasteiger partial charge in [-0.05, 0) is 44.0 Å². The van der Waals surface area contributed by atoms with E-state index < -0.39 is 17.8 Å². The molecule has 1 unspecified atom stereocenters. The summed E-state index contributed by atoms with van der Waals surface area (Å²) in [6.07, 6.45) is 0.665. The molecule has 3 aromatic rings. The molecule has 0 bridgehead atoms. The highest BCUT2D eigenvalue weighted by Gasteiger charge is 2.34. The number of piperazine rings is 1. The first-order chi connectivity index (χ1) is 19.7. The van der Waals surface area contributed by atoms with Crippen molar-refractivity contribution in [2.45, 2.75) is 45.0 Å². The van der Waals surface area contributed by atoms with Crippen LogP contribution in [0.2, 0.25) is 5.02 Å². The Morgan fingerprint density at radius 2 is 1.98 bits per heavy atom. The number of nitrogens with zero attached hydrogens (tertiary/aromatic N) is 4. The number of aromatic nitrogens is 2. The third-order valence-electron chi connectivity index (χ3n) is 7.24. The topological polar surface area (TPSA) is 132 Å². The van der Waals surface area contributed by atoms with Crippen LogP contribution >= 0.6 is 11.6 Å². The van der Waals surface area contributed by atoms with Crippen molar-refractivity contribution < 1.29 is 23.9 Å². The number of amides is 4. The Labute approximate surface area is 241 Å². The van der Waals surface area contributed by atoms with Gasteiger partial charge in [-0.2, -0.15) is 5.10 Å². The summed E-state index contributed by atoms with van der Waals surface area (Å²) in [5, 5.41) is 24.3. The molecule has 1 saturated carbocycles. The van der Waals surface area contributed by atoms with Crippen LogP contribution in [0.15, 0.2) is 36.4 Å². The lowest BCUT2D eigenvalue weighted by atomic mass is 10.1. The summed E-state index contributed by atoms with van der Waals surface area (Å²) in [6.45, 7) is 3.92. The molecule has 1 aliphatic heterocycles. The summed E-state index contributed by atoms with van der Waals surface area (Å²) >= 11 is 5.82. The highest BCUT2D eigenvalue weighted by molar-refractivity contribution is 6.30. The Morgan fingerprint density at radius 1 is 1.22 bits per heavy atom. The van der Waals surface area contributed by atoms with Gasteiger partial charge < -0.3 is 30.9 Å². The zero-order valence-electron chi connectivity index (χ0n) is 22.7. The van der Waals surface area contributed by atoms with Gasteiger partial charge in [0.25, 0.3) is 0 Å². The first-order valence-corrected chi connectivity index (χ1v) is 14.0. The van der Waals surface area contributed by atoms with Crippen LogP contribution in [-0.2, 0) is 22.7 Å². The quantitative estimate of drug-likeness (QED) is 0.305.